The van der Waals surface area contributed by atoms with Gasteiger partial charge in [0.1, 0.15) is 5.69 Å². The number of carbonyl (C=O) groups is 1. The zero-order chi connectivity index (χ0) is 14.4. The van der Waals surface area contributed by atoms with Crippen molar-refractivity contribution in [1.82, 2.24) is 9.88 Å². The van der Waals surface area contributed by atoms with Crippen molar-refractivity contribution in [1.29, 1.82) is 0 Å². The van der Waals surface area contributed by atoms with Crippen LogP contribution in [0, 0.1) is 5.92 Å². The van der Waals surface area contributed by atoms with Crippen LogP contribution in [0.4, 0.5) is 5.69 Å². The molecule has 0 spiro atoms. The third-order valence-electron chi connectivity index (χ3n) is 3.93. The number of aromatic nitrogens is 1. The number of hydrogen-bond acceptors (Lipinski definition) is 3. The van der Waals surface area contributed by atoms with Gasteiger partial charge in [0.15, 0.2) is 0 Å². The normalized spacial score (nSPS) is 14.7. The van der Waals surface area contributed by atoms with E-state index in [1.807, 2.05) is 24.0 Å². The first-order valence-electron chi connectivity index (χ1n) is 7.73. The van der Waals surface area contributed by atoms with Crippen LogP contribution in [0.2, 0.25) is 0 Å². The smallest absolute Gasteiger partial charge is 0.272 e. The Balaban J connectivity index is 2.01. The number of hydrogen-bond donors (Lipinski definition) is 1. The maximum atomic E-state index is 12.5. The topological polar surface area (TPSA) is 45.2 Å². The molecule has 0 bridgehead atoms. The fourth-order valence-corrected chi connectivity index (χ4v) is 2.43. The molecule has 1 aromatic heterocycles. The van der Waals surface area contributed by atoms with Crippen LogP contribution in [0.25, 0.3) is 0 Å². The highest BCUT2D eigenvalue weighted by Gasteiger charge is 2.24. The van der Waals surface area contributed by atoms with Gasteiger partial charge < -0.3 is 10.2 Å². The Labute approximate surface area is 121 Å². The summed E-state index contributed by atoms with van der Waals surface area (Å²) in [5.41, 5.74) is 1.53. The first-order chi connectivity index (χ1) is 9.74. The van der Waals surface area contributed by atoms with Crippen LogP contribution in [0.15, 0.2) is 18.3 Å². The molecule has 1 aliphatic carbocycles. The molecule has 1 fully saturated rings. The third kappa shape index (κ3) is 3.71. The maximum Gasteiger partial charge on any atom is 0.272 e. The van der Waals surface area contributed by atoms with Crippen LogP contribution in [0.1, 0.15) is 50.0 Å². The van der Waals surface area contributed by atoms with Crippen molar-refractivity contribution in [3.8, 4) is 0 Å². The molecule has 2 rings (SSSR count). The summed E-state index contributed by atoms with van der Waals surface area (Å²) in [6.07, 6.45) is 6.60. The minimum absolute atomic E-state index is 0.0551. The lowest BCUT2D eigenvalue weighted by Gasteiger charge is -2.31. The molecule has 1 aliphatic rings. The van der Waals surface area contributed by atoms with Crippen molar-refractivity contribution in [2.75, 3.05) is 25.0 Å². The van der Waals surface area contributed by atoms with E-state index in [0.717, 1.165) is 31.7 Å². The van der Waals surface area contributed by atoms with E-state index in [9.17, 15) is 4.79 Å². The average Bonchev–Trinajstić information content (AvgIpc) is 2.44. The number of nitrogens with zero attached hydrogens (tertiary/aromatic N) is 2. The van der Waals surface area contributed by atoms with Crippen LogP contribution in [0.3, 0.4) is 0 Å². The van der Waals surface area contributed by atoms with Gasteiger partial charge in [0, 0.05) is 31.5 Å². The third-order valence-corrected chi connectivity index (χ3v) is 3.93. The minimum atomic E-state index is 0.0551. The summed E-state index contributed by atoms with van der Waals surface area (Å²) in [4.78, 5) is 18.7. The van der Waals surface area contributed by atoms with E-state index in [2.05, 4.69) is 17.2 Å². The minimum Gasteiger partial charge on any atom is -0.385 e. The zero-order valence-electron chi connectivity index (χ0n) is 12.6. The van der Waals surface area contributed by atoms with Crippen LogP contribution in [-0.4, -0.2) is 35.4 Å². The highest BCUT2D eigenvalue weighted by atomic mass is 16.2. The van der Waals surface area contributed by atoms with Crippen molar-refractivity contribution in [3.05, 3.63) is 24.0 Å². The fraction of sp³-hybridized carbons (Fsp3) is 0.625. The van der Waals surface area contributed by atoms with Gasteiger partial charge >= 0.3 is 0 Å². The van der Waals surface area contributed by atoms with E-state index in [-0.39, 0.29) is 5.91 Å². The van der Waals surface area contributed by atoms with Gasteiger partial charge in [0.25, 0.3) is 5.91 Å². The molecular formula is C16H25N3O. The fourth-order valence-electron chi connectivity index (χ4n) is 2.43. The molecular weight excluding hydrogens is 250 g/mol. The van der Waals surface area contributed by atoms with E-state index in [1.54, 1.807) is 6.20 Å². The summed E-state index contributed by atoms with van der Waals surface area (Å²) in [5, 5.41) is 3.30. The highest BCUT2D eigenvalue weighted by molar-refractivity contribution is 5.93. The van der Waals surface area contributed by atoms with E-state index in [1.165, 1.54) is 19.3 Å². The molecule has 0 radical (unpaired) electrons. The molecule has 1 amide bonds. The first kappa shape index (κ1) is 14.8. The van der Waals surface area contributed by atoms with Gasteiger partial charge in [-0.25, -0.2) is 0 Å². The maximum absolute atomic E-state index is 12.5. The van der Waals surface area contributed by atoms with E-state index < -0.39 is 0 Å². The van der Waals surface area contributed by atoms with Crippen molar-refractivity contribution in [3.63, 3.8) is 0 Å². The molecule has 1 aromatic rings. The molecule has 0 saturated heterocycles. The van der Waals surface area contributed by atoms with Gasteiger partial charge in [-0.15, -0.1) is 0 Å². The van der Waals surface area contributed by atoms with Crippen LogP contribution >= 0.6 is 0 Å². The molecule has 1 N–H and O–H groups in total. The molecule has 20 heavy (non-hydrogen) atoms. The van der Waals surface area contributed by atoms with E-state index in [0.29, 0.717) is 11.6 Å². The average molecular weight is 275 g/mol. The molecule has 0 aromatic carbocycles. The van der Waals surface area contributed by atoms with Crippen LogP contribution < -0.4 is 5.32 Å². The van der Waals surface area contributed by atoms with E-state index in [4.69, 9.17) is 0 Å². The predicted molar refractivity (Wildman–Crippen MR) is 81.9 cm³/mol. The van der Waals surface area contributed by atoms with Crippen LogP contribution in [-0.2, 0) is 0 Å². The van der Waals surface area contributed by atoms with Gasteiger partial charge in [-0.05, 0) is 44.2 Å². The van der Waals surface area contributed by atoms with Gasteiger partial charge in [-0.2, -0.15) is 0 Å². The SMILES string of the molecule is CCCNc1ccnc(C(=O)N(CC)CC2CCC2)c1. The van der Waals surface area contributed by atoms with E-state index >= 15 is 0 Å². The zero-order valence-corrected chi connectivity index (χ0v) is 12.6. The Bertz CT molecular complexity index is 443. The second-order valence-electron chi connectivity index (χ2n) is 5.50. The quantitative estimate of drug-likeness (QED) is 0.831. The van der Waals surface area contributed by atoms with Crippen molar-refractivity contribution < 1.29 is 4.79 Å². The van der Waals surface area contributed by atoms with Crippen molar-refractivity contribution >= 4 is 11.6 Å². The Morgan fingerprint density at radius 1 is 1.45 bits per heavy atom. The standard InChI is InChI=1S/C16H25N3O/c1-3-9-17-14-8-10-18-15(11-14)16(20)19(4-2)12-13-6-5-7-13/h8,10-11,13H,3-7,9,12H2,1-2H3,(H,17,18). The number of nitrogens with one attached hydrogen (secondary N) is 1. The Hall–Kier alpha value is -1.58. The highest BCUT2D eigenvalue weighted by Crippen LogP contribution is 2.27. The van der Waals surface area contributed by atoms with Gasteiger partial charge in [-0.3, -0.25) is 9.78 Å². The number of rotatable bonds is 7. The molecule has 110 valence electrons. The van der Waals surface area contributed by atoms with Crippen molar-refractivity contribution in [2.24, 2.45) is 5.92 Å². The second kappa shape index (κ2) is 7.27. The van der Waals surface area contributed by atoms with Gasteiger partial charge in [-0.1, -0.05) is 13.3 Å². The summed E-state index contributed by atoms with van der Waals surface area (Å²) >= 11 is 0. The summed E-state index contributed by atoms with van der Waals surface area (Å²) in [5.74, 6) is 0.750. The molecule has 4 nitrogen and oxygen atoms in total. The van der Waals surface area contributed by atoms with Gasteiger partial charge in [0.05, 0.1) is 0 Å². The first-order valence-corrected chi connectivity index (χ1v) is 7.73. The lowest BCUT2D eigenvalue weighted by atomic mass is 9.85. The number of anilines is 1. The lowest BCUT2D eigenvalue weighted by molar-refractivity contribution is 0.0700. The molecule has 1 heterocycles. The lowest BCUT2D eigenvalue weighted by Crippen LogP contribution is -2.37. The Kier molecular flexibility index (Phi) is 5.39. The monoisotopic (exact) mass is 275 g/mol. The molecule has 0 unspecified atom stereocenters. The number of amides is 1. The molecule has 1 saturated carbocycles. The van der Waals surface area contributed by atoms with Crippen molar-refractivity contribution in [2.45, 2.75) is 39.5 Å². The largest absolute Gasteiger partial charge is 0.385 e. The number of pyridine rings is 1. The molecule has 0 atom stereocenters. The summed E-state index contributed by atoms with van der Waals surface area (Å²) in [7, 11) is 0. The van der Waals surface area contributed by atoms with Gasteiger partial charge in [0.2, 0.25) is 0 Å². The summed E-state index contributed by atoms with van der Waals surface area (Å²) < 4.78 is 0. The summed E-state index contributed by atoms with van der Waals surface area (Å²) in [6.45, 7) is 6.71. The second-order valence-corrected chi connectivity index (χ2v) is 5.50. The van der Waals surface area contributed by atoms with Crippen LogP contribution in [0.5, 0.6) is 0 Å². The Morgan fingerprint density at radius 3 is 2.85 bits per heavy atom. The molecule has 4 heteroatoms. The number of carbonyl (C=O) groups excluding carboxylic acids is 1. The summed E-state index contributed by atoms with van der Waals surface area (Å²) in [6, 6.07) is 3.77. The molecule has 0 aliphatic heterocycles. The Morgan fingerprint density at radius 2 is 2.25 bits per heavy atom. The predicted octanol–water partition coefficient (Wildman–Crippen LogP) is 3.17.